The maximum atomic E-state index is 11.1. The molecule has 1 amide bonds. The van der Waals surface area contributed by atoms with Gasteiger partial charge in [0.15, 0.2) is 0 Å². The Bertz CT molecular complexity index is 650. The molecule has 1 saturated heterocycles. The lowest BCUT2D eigenvalue weighted by Gasteiger charge is -2.19. The van der Waals surface area contributed by atoms with Gasteiger partial charge < -0.3 is 10.1 Å². The van der Waals surface area contributed by atoms with Gasteiger partial charge in [0, 0.05) is 12.1 Å². The topological polar surface area (TPSA) is 86.3 Å². The largest absolute Gasteiger partial charge is 0.465 e. The minimum Gasteiger partial charge on any atom is -0.465 e. The summed E-state index contributed by atoms with van der Waals surface area (Å²) in [5.74, 6) is 0.651. The number of H-pyrrole nitrogens is 1. The molecule has 1 atom stereocenters. The van der Waals surface area contributed by atoms with Gasteiger partial charge in [0.25, 0.3) is 0 Å². The van der Waals surface area contributed by atoms with Crippen LogP contribution in [0, 0.1) is 0 Å². The van der Waals surface area contributed by atoms with Gasteiger partial charge in [-0.15, -0.1) is 0 Å². The van der Waals surface area contributed by atoms with Crippen LogP contribution in [-0.2, 0) is 0 Å². The lowest BCUT2D eigenvalue weighted by molar-refractivity contribution is 0.112. The summed E-state index contributed by atoms with van der Waals surface area (Å²) < 4.78 is 0. The number of imidazole rings is 1. The van der Waals surface area contributed by atoms with Gasteiger partial charge in [-0.25, -0.2) is 9.78 Å². The van der Waals surface area contributed by atoms with Gasteiger partial charge in [-0.2, -0.15) is 0 Å². The number of carbonyl (C=O) groups is 2. The van der Waals surface area contributed by atoms with Crippen LogP contribution in [0.1, 0.15) is 35.1 Å². The second kappa shape index (κ2) is 4.38. The van der Waals surface area contributed by atoms with Crippen LogP contribution in [0.2, 0.25) is 0 Å². The number of nitrogens with one attached hydrogen (secondary N) is 1. The fourth-order valence-corrected chi connectivity index (χ4v) is 2.56. The molecule has 0 aliphatic carbocycles. The highest BCUT2D eigenvalue weighted by molar-refractivity contribution is 5.84. The first-order valence-corrected chi connectivity index (χ1v) is 6.13. The first kappa shape index (κ1) is 11.7. The third kappa shape index (κ3) is 1.95. The molecule has 6 nitrogen and oxygen atoms in total. The smallest absolute Gasteiger partial charge is 0.407 e. The molecule has 1 aliphatic rings. The van der Waals surface area contributed by atoms with Gasteiger partial charge in [0.1, 0.15) is 12.1 Å². The average molecular weight is 259 g/mol. The summed E-state index contributed by atoms with van der Waals surface area (Å²) in [6.07, 6.45) is 1.47. The quantitative estimate of drug-likeness (QED) is 0.809. The predicted octanol–water partition coefficient (Wildman–Crippen LogP) is 2.19. The number of hydrogen-bond acceptors (Lipinski definition) is 3. The van der Waals surface area contributed by atoms with Crippen molar-refractivity contribution in [1.29, 1.82) is 0 Å². The van der Waals surface area contributed by atoms with Crippen molar-refractivity contribution < 1.29 is 14.7 Å². The molecule has 1 unspecified atom stereocenters. The Morgan fingerprint density at radius 2 is 2.37 bits per heavy atom. The lowest BCUT2D eigenvalue weighted by Crippen LogP contribution is -2.29. The van der Waals surface area contributed by atoms with Crippen molar-refractivity contribution in [2.75, 3.05) is 6.54 Å². The molecule has 19 heavy (non-hydrogen) atoms. The van der Waals surface area contributed by atoms with E-state index in [-0.39, 0.29) is 6.04 Å². The first-order chi connectivity index (χ1) is 9.19. The Morgan fingerprint density at radius 1 is 1.53 bits per heavy atom. The molecule has 0 saturated carbocycles. The van der Waals surface area contributed by atoms with Gasteiger partial charge in [-0.1, -0.05) is 0 Å². The zero-order valence-corrected chi connectivity index (χ0v) is 10.2. The van der Waals surface area contributed by atoms with E-state index in [1.807, 2.05) is 0 Å². The molecule has 1 aliphatic heterocycles. The Hall–Kier alpha value is -2.37. The highest BCUT2D eigenvalue weighted by Gasteiger charge is 2.31. The Kier molecular flexibility index (Phi) is 2.70. The Morgan fingerprint density at radius 3 is 3.11 bits per heavy atom. The molecule has 0 radical (unpaired) electrons. The number of amides is 1. The summed E-state index contributed by atoms with van der Waals surface area (Å²) in [5.41, 5.74) is 2.08. The van der Waals surface area contributed by atoms with Gasteiger partial charge in [0.2, 0.25) is 0 Å². The van der Waals surface area contributed by atoms with Gasteiger partial charge >= 0.3 is 6.09 Å². The van der Waals surface area contributed by atoms with Crippen molar-refractivity contribution in [3.63, 3.8) is 0 Å². The second-order valence-electron chi connectivity index (χ2n) is 4.65. The zero-order chi connectivity index (χ0) is 13.4. The number of aldehydes is 1. The number of rotatable bonds is 2. The van der Waals surface area contributed by atoms with E-state index in [0.717, 1.165) is 30.2 Å². The third-order valence-electron chi connectivity index (χ3n) is 3.47. The van der Waals surface area contributed by atoms with Crippen LogP contribution in [0.15, 0.2) is 18.2 Å². The van der Waals surface area contributed by atoms with Crippen molar-refractivity contribution in [3.05, 3.63) is 29.6 Å². The molecule has 98 valence electrons. The summed E-state index contributed by atoms with van der Waals surface area (Å²) in [5, 5.41) is 9.14. The maximum absolute atomic E-state index is 11.1. The van der Waals surface area contributed by atoms with Gasteiger partial charge in [0.05, 0.1) is 17.1 Å². The molecule has 0 bridgehead atoms. The lowest BCUT2D eigenvalue weighted by atomic mass is 10.2. The van der Waals surface area contributed by atoms with E-state index in [2.05, 4.69) is 9.97 Å². The third-order valence-corrected chi connectivity index (χ3v) is 3.47. The van der Waals surface area contributed by atoms with Crippen LogP contribution >= 0.6 is 0 Å². The number of hydrogen-bond donors (Lipinski definition) is 2. The molecular weight excluding hydrogens is 246 g/mol. The normalized spacial score (nSPS) is 18.9. The minimum absolute atomic E-state index is 0.218. The van der Waals surface area contributed by atoms with Crippen LogP contribution in [0.25, 0.3) is 11.0 Å². The summed E-state index contributed by atoms with van der Waals surface area (Å²) in [4.78, 5) is 30.8. The van der Waals surface area contributed by atoms with E-state index in [1.54, 1.807) is 18.2 Å². The molecular formula is C13H13N3O3. The van der Waals surface area contributed by atoms with Crippen LogP contribution in [-0.4, -0.2) is 38.9 Å². The summed E-state index contributed by atoms with van der Waals surface area (Å²) in [6, 6.07) is 4.96. The molecule has 2 heterocycles. The summed E-state index contributed by atoms with van der Waals surface area (Å²) >= 11 is 0. The summed E-state index contributed by atoms with van der Waals surface area (Å²) in [6.45, 7) is 0.538. The first-order valence-electron chi connectivity index (χ1n) is 6.13. The SMILES string of the molecule is O=Cc1ccc2nc(C3CCCN3C(=O)O)[nH]c2c1. The molecule has 2 N–H and O–H groups in total. The number of aromatic amines is 1. The van der Waals surface area contributed by atoms with E-state index < -0.39 is 6.09 Å². The van der Waals surface area contributed by atoms with Crippen LogP contribution in [0.3, 0.4) is 0 Å². The Balaban J connectivity index is 2.01. The number of carbonyl (C=O) groups excluding carboxylic acids is 1. The molecule has 1 aromatic heterocycles. The van der Waals surface area contributed by atoms with Crippen molar-refractivity contribution in [1.82, 2.24) is 14.9 Å². The summed E-state index contributed by atoms with van der Waals surface area (Å²) in [7, 11) is 0. The van der Waals surface area contributed by atoms with Crippen LogP contribution in [0.4, 0.5) is 4.79 Å². The highest BCUT2D eigenvalue weighted by atomic mass is 16.4. The number of aromatic nitrogens is 2. The Labute approximate surface area is 109 Å². The van der Waals surface area contributed by atoms with Crippen molar-refractivity contribution >= 4 is 23.4 Å². The van der Waals surface area contributed by atoms with E-state index in [4.69, 9.17) is 5.11 Å². The number of likely N-dealkylation sites (tertiary alicyclic amines) is 1. The molecule has 2 aromatic rings. The van der Waals surface area contributed by atoms with Gasteiger partial charge in [-0.05, 0) is 31.0 Å². The standard InChI is InChI=1S/C13H13N3O3/c17-7-8-3-4-9-10(6-8)15-12(14-9)11-2-1-5-16(11)13(18)19/h3-4,6-7,11H,1-2,5H2,(H,14,15)(H,18,19). The minimum atomic E-state index is -0.920. The molecule has 1 fully saturated rings. The van der Waals surface area contributed by atoms with Crippen LogP contribution < -0.4 is 0 Å². The molecule has 0 spiro atoms. The predicted molar refractivity (Wildman–Crippen MR) is 68.2 cm³/mol. The molecule has 6 heteroatoms. The number of carboxylic acid groups (broad SMARTS) is 1. The van der Waals surface area contributed by atoms with Gasteiger partial charge in [-0.3, -0.25) is 9.69 Å². The monoisotopic (exact) mass is 259 g/mol. The van der Waals surface area contributed by atoms with Crippen LogP contribution in [0.5, 0.6) is 0 Å². The van der Waals surface area contributed by atoms with E-state index in [9.17, 15) is 9.59 Å². The number of nitrogens with zero attached hydrogens (tertiary/aromatic N) is 2. The maximum Gasteiger partial charge on any atom is 0.407 e. The van der Waals surface area contributed by atoms with Crippen molar-refractivity contribution in [2.45, 2.75) is 18.9 Å². The van der Waals surface area contributed by atoms with Crippen molar-refractivity contribution in [3.8, 4) is 0 Å². The molecule has 1 aromatic carbocycles. The zero-order valence-electron chi connectivity index (χ0n) is 10.2. The number of benzene rings is 1. The van der Waals surface area contributed by atoms with E-state index in [0.29, 0.717) is 17.9 Å². The fraction of sp³-hybridized carbons (Fsp3) is 0.308. The highest BCUT2D eigenvalue weighted by Crippen LogP contribution is 2.31. The second-order valence-corrected chi connectivity index (χ2v) is 4.65. The number of fused-ring (bicyclic) bond motifs is 1. The average Bonchev–Trinajstić information content (AvgIpc) is 3.03. The fourth-order valence-electron chi connectivity index (χ4n) is 2.56. The molecule has 3 rings (SSSR count). The van der Waals surface area contributed by atoms with E-state index in [1.165, 1.54) is 4.90 Å². The van der Waals surface area contributed by atoms with E-state index >= 15 is 0 Å². The van der Waals surface area contributed by atoms with Crippen molar-refractivity contribution in [2.24, 2.45) is 0 Å².